The Morgan fingerprint density at radius 3 is 2.44 bits per heavy atom. The van der Waals surface area contributed by atoms with Crippen LogP contribution in [0.1, 0.15) is 6.42 Å². The largest absolute Gasteiger partial charge is 0.573 e. The van der Waals surface area contributed by atoms with E-state index in [9.17, 15) is 17.4 Å². The second kappa shape index (κ2) is 4.73. The van der Waals surface area contributed by atoms with Crippen LogP contribution in [0.5, 0.6) is 5.75 Å². The lowest BCUT2D eigenvalue weighted by atomic mass is 10.3. The zero-order chi connectivity index (χ0) is 13.4. The number of alkyl halides is 3. The molecule has 2 rings (SSSR count). The van der Waals surface area contributed by atoms with Crippen LogP contribution in [0.15, 0.2) is 27.0 Å². The van der Waals surface area contributed by atoms with Crippen LogP contribution < -0.4 is 4.74 Å². The van der Waals surface area contributed by atoms with Crippen molar-refractivity contribution in [2.24, 2.45) is 4.36 Å². The quantitative estimate of drug-likeness (QED) is 0.817. The zero-order valence-corrected chi connectivity index (χ0v) is 11.4. The van der Waals surface area contributed by atoms with Gasteiger partial charge in [-0.25, -0.2) is 4.21 Å². The van der Waals surface area contributed by atoms with E-state index in [-0.39, 0.29) is 10.2 Å². The van der Waals surface area contributed by atoms with Crippen molar-refractivity contribution in [3.05, 3.63) is 22.7 Å². The highest BCUT2D eigenvalue weighted by molar-refractivity contribution is 9.10. The van der Waals surface area contributed by atoms with E-state index in [0.29, 0.717) is 17.2 Å². The summed E-state index contributed by atoms with van der Waals surface area (Å²) in [7, 11) is -2.17. The van der Waals surface area contributed by atoms with Crippen molar-refractivity contribution >= 4 is 31.3 Å². The Kier molecular flexibility index (Phi) is 3.59. The third-order valence-electron chi connectivity index (χ3n) is 2.34. The van der Waals surface area contributed by atoms with Crippen LogP contribution in [0.3, 0.4) is 0 Å². The van der Waals surface area contributed by atoms with Crippen molar-refractivity contribution in [1.29, 1.82) is 0 Å². The normalized spacial score (nSPS) is 18.0. The molecule has 0 bridgehead atoms. The lowest BCUT2D eigenvalue weighted by molar-refractivity contribution is -0.274. The molecule has 0 saturated carbocycles. The Hall–Kier alpha value is -0.760. The minimum atomic E-state index is -4.74. The van der Waals surface area contributed by atoms with Gasteiger partial charge in [0.1, 0.15) is 5.75 Å². The predicted octanol–water partition coefficient (Wildman–Crippen LogP) is 3.85. The molecule has 1 saturated heterocycles. The lowest BCUT2D eigenvalue weighted by Gasteiger charge is -2.18. The van der Waals surface area contributed by atoms with Gasteiger partial charge in [0.15, 0.2) is 0 Å². The average Bonchev–Trinajstić information content (AvgIpc) is 2.18. The molecule has 0 radical (unpaired) electrons. The summed E-state index contributed by atoms with van der Waals surface area (Å²) in [6.07, 6.45) is -3.86. The summed E-state index contributed by atoms with van der Waals surface area (Å²) in [4.78, 5) is 0. The van der Waals surface area contributed by atoms with E-state index in [1.54, 1.807) is 0 Å². The predicted molar refractivity (Wildman–Crippen MR) is 65.4 cm³/mol. The standard InChI is InChI=1S/C10H9BrF3NO2S/c11-8-6-7(15-18(16)4-1-5-18)2-3-9(8)17-10(12,13)14/h2-3,6H,1,4-5H2. The number of benzene rings is 1. The number of hydrogen-bond acceptors (Lipinski definition) is 3. The molecular weight excluding hydrogens is 335 g/mol. The van der Waals surface area contributed by atoms with Gasteiger partial charge < -0.3 is 4.74 Å². The molecule has 18 heavy (non-hydrogen) atoms. The summed E-state index contributed by atoms with van der Waals surface area (Å²) in [5, 5.41) is 0. The molecule has 1 aromatic carbocycles. The maximum atomic E-state index is 12.0. The number of nitrogens with zero attached hydrogens (tertiary/aromatic N) is 1. The van der Waals surface area contributed by atoms with Gasteiger partial charge in [0.25, 0.3) is 0 Å². The van der Waals surface area contributed by atoms with Gasteiger partial charge in [0, 0.05) is 11.5 Å². The van der Waals surface area contributed by atoms with Gasteiger partial charge in [-0.2, -0.15) is 4.36 Å². The summed E-state index contributed by atoms with van der Waals surface area (Å²) in [6, 6.07) is 3.88. The smallest absolute Gasteiger partial charge is 0.405 e. The van der Waals surface area contributed by atoms with Gasteiger partial charge in [-0.3, -0.25) is 0 Å². The fourth-order valence-electron chi connectivity index (χ4n) is 1.43. The first kappa shape index (κ1) is 13.7. The molecule has 0 spiro atoms. The summed E-state index contributed by atoms with van der Waals surface area (Å²) in [6.45, 7) is 0. The highest BCUT2D eigenvalue weighted by Crippen LogP contribution is 2.34. The maximum absolute atomic E-state index is 12.0. The van der Waals surface area contributed by atoms with Crippen LogP contribution >= 0.6 is 15.9 Å². The van der Waals surface area contributed by atoms with Crippen molar-refractivity contribution < 1.29 is 22.1 Å². The number of rotatable bonds is 2. The van der Waals surface area contributed by atoms with Crippen LogP contribution in [-0.4, -0.2) is 22.1 Å². The minimum Gasteiger partial charge on any atom is -0.405 e. The number of ether oxygens (including phenoxy) is 1. The molecule has 0 aliphatic carbocycles. The molecule has 1 aliphatic rings. The van der Waals surface area contributed by atoms with E-state index in [1.807, 2.05) is 0 Å². The fraction of sp³-hybridized carbons (Fsp3) is 0.400. The van der Waals surface area contributed by atoms with Crippen molar-refractivity contribution in [3.63, 3.8) is 0 Å². The zero-order valence-electron chi connectivity index (χ0n) is 9.04. The monoisotopic (exact) mass is 343 g/mol. The number of hydrogen-bond donors (Lipinski definition) is 0. The van der Waals surface area contributed by atoms with E-state index in [2.05, 4.69) is 25.0 Å². The Labute approximate surface area is 111 Å². The molecule has 0 amide bonds. The van der Waals surface area contributed by atoms with Crippen molar-refractivity contribution in [2.45, 2.75) is 12.8 Å². The van der Waals surface area contributed by atoms with Gasteiger partial charge in [-0.1, -0.05) is 0 Å². The second-order valence-electron chi connectivity index (χ2n) is 3.79. The summed E-state index contributed by atoms with van der Waals surface area (Å²) < 4.78 is 56.0. The molecule has 0 N–H and O–H groups in total. The topological polar surface area (TPSA) is 38.7 Å². The number of halogens is 4. The summed E-state index contributed by atoms with van der Waals surface area (Å²) >= 11 is 2.97. The Balaban J connectivity index is 2.25. The minimum absolute atomic E-state index is 0.128. The van der Waals surface area contributed by atoms with E-state index in [4.69, 9.17) is 0 Å². The average molecular weight is 344 g/mol. The second-order valence-corrected chi connectivity index (χ2v) is 7.19. The molecule has 0 aromatic heterocycles. The van der Waals surface area contributed by atoms with Crippen LogP contribution in [0.2, 0.25) is 0 Å². The third kappa shape index (κ3) is 3.38. The Morgan fingerprint density at radius 1 is 1.33 bits per heavy atom. The van der Waals surface area contributed by atoms with Crippen molar-refractivity contribution in [3.8, 4) is 5.75 Å². The van der Waals surface area contributed by atoms with Crippen LogP contribution in [0.4, 0.5) is 18.9 Å². The molecule has 1 aromatic rings. The van der Waals surface area contributed by atoms with E-state index in [0.717, 1.165) is 12.5 Å². The van der Waals surface area contributed by atoms with Gasteiger partial charge in [0.2, 0.25) is 0 Å². The van der Waals surface area contributed by atoms with E-state index in [1.165, 1.54) is 12.1 Å². The molecule has 1 aliphatic heterocycles. The van der Waals surface area contributed by atoms with Crippen LogP contribution in [0, 0.1) is 0 Å². The highest BCUT2D eigenvalue weighted by atomic mass is 79.9. The fourth-order valence-corrected chi connectivity index (χ4v) is 3.34. The van der Waals surface area contributed by atoms with E-state index >= 15 is 0 Å². The summed E-state index contributed by atoms with van der Waals surface area (Å²) in [5.74, 6) is 0.752. The third-order valence-corrected chi connectivity index (χ3v) is 5.36. The molecule has 1 fully saturated rings. The van der Waals surface area contributed by atoms with Crippen LogP contribution in [-0.2, 0) is 9.73 Å². The summed E-state index contributed by atoms with van der Waals surface area (Å²) in [5.41, 5.74) is 0.390. The first-order valence-corrected chi connectivity index (χ1v) is 7.70. The highest BCUT2D eigenvalue weighted by Gasteiger charge is 2.32. The van der Waals surface area contributed by atoms with Crippen molar-refractivity contribution in [2.75, 3.05) is 11.5 Å². The first-order chi connectivity index (χ1) is 8.27. The molecule has 8 heteroatoms. The first-order valence-electron chi connectivity index (χ1n) is 5.05. The molecule has 0 unspecified atom stereocenters. The van der Waals surface area contributed by atoms with Gasteiger partial charge in [-0.05, 0) is 40.5 Å². The SMILES string of the molecule is O=S1(=Nc2ccc(OC(F)(F)F)c(Br)c2)CCC1. The van der Waals surface area contributed by atoms with Crippen molar-refractivity contribution in [1.82, 2.24) is 0 Å². The van der Waals surface area contributed by atoms with E-state index < -0.39 is 16.1 Å². The van der Waals surface area contributed by atoms with Gasteiger partial charge >= 0.3 is 6.36 Å². The Bertz CT molecular complexity index is 569. The molecule has 0 atom stereocenters. The molecule has 3 nitrogen and oxygen atoms in total. The van der Waals surface area contributed by atoms with Gasteiger partial charge in [0.05, 0.1) is 19.9 Å². The molecule has 100 valence electrons. The van der Waals surface area contributed by atoms with Gasteiger partial charge in [-0.15, -0.1) is 13.2 Å². The maximum Gasteiger partial charge on any atom is 0.573 e. The molecular formula is C10H9BrF3NO2S. The van der Waals surface area contributed by atoms with Crippen LogP contribution in [0.25, 0.3) is 0 Å². The molecule has 1 heterocycles. The lowest BCUT2D eigenvalue weighted by Crippen LogP contribution is -2.22. The Morgan fingerprint density at radius 2 is 2.00 bits per heavy atom.